The van der Waals surface area contributed by atoms with Crippen molar-refractivity contribution in [2.75, 3.05) is 32.5 Å². The van der Waals surface area contributed by atoms with Crippen LogP contribution in [0.15, 0.2) is 18.2 Å². The van der Waals surface area contributed by atoms with E-state index in [1.165, 1.54) is 18.2 Å². The van der Waals surface area contributed by atoms with Crippen molar-refractivity contribution in [2.24, 2.45) is 0 Å². The van der Waals surface area contributed by atoms with E-state index in [-0.39, 0.29) is 23.5 Å². The first-order chi connectivity index (χ1) is 9.64. The molecule has 8 nitrogen and oxygen atoms in total. The number of benzene rings is 1. The van der Waals surface area contributed by atoms with Crippen molar-refractivity contribution in [3.05, 3.63) is 33.9 Å². The van der Waals surface area contributed by atoms with Crippen LogP contribution in [-0.4, -0.2) is 58.8 Å². The number of para-hydroxylation sites is 1. The molecule has 0 bridgehead atoms. The van der Waals surface area contributed by atoms with E-state index < -0.39 is 16.5 Å². The van der Waals surface area contributed by atoms with Crippen LogP contribution in [0.3, 0.4) is 0 Å². The number of aliphatic hydroxyl groups is 1. The lowest BCUT2D eigenvalue weighted by atomic mass is 10.1. The van der Waals surface area contributed by atoms with Gasteiger partial charge in [-0.2, -0.15) is 0 Å². The number of hydrogen-bond acceptors (Lipinski definition) is 6. The van der Waals surface area contributed by atoms with E-state index in [0.717, 1.165) is 0 Å². The topological polar surface area (TPSA) is 116 Å². The molecule has 0 saturated heterocycles. The highest BCUT2D eigenvalue weighted by atomic mass is 16.6. The second kappa shape index (κ2) is 6.51. The Hall–Kier alpha value is -2.19. The average Bonchev–Trinajstić information content (AvgIpc) is 2.34. The molecule has 0 radical (unpaired) electrons. The number of nitro groups is 1. The summed E-state index contributed by atoms with van der Waals surface area (Å²) in [5, 5.41) is 33.0. The summed E-state index contributed by atoms with van der Waals surface area (Å²) in [6, 6.07) is 3.80. The number of nitro benzene ring substituents is 1. The van der Waals surface area contributed by atoms with Crippen LogP contribution in [0.4, 0.5) is 11.4 Å². The normalized spacial score (nSPS) is 13.8. The van der Waals surface area contributed by atoms with Gasteiger partial charge in [-0.15, -0.1) is 0 Å². The lowest BCUT2D eigenvalue weighted by Gasteiger charge is -2.27. The van der Waals surface area contributed by atoms with Crippen molar-refractivity contribution in [1.82, 2.24) is 4.90 Å². The summed E-state index contributed by atoms with van der Waals surface area (Å²) in [4.78, 5) is 23.3. The zero-order chi connectivity index (χ0) is 16.2. The lowest BCUT2D eigenvalue weighted by Crippen LogP contribution is -2.43. The molecule has 0 heterocycles. The second-order valence-corrected chi connectivity index (χ2v) is 5.35. The third-order valence-electron chi connectivity index (χ3n) is 2.77. The van der Waals surface area contributed by atoms with E-state index in [2.05, 4.69) is 5.32 Å². The fourth-order valence-corrected chi connectivity index (χ4v) is 2.07. The van der Waals surface area contributed by atoms with E-state index in [9.17, 15) is 20.0 Å². The summed E-state index contributed by atoms with van der Waals surface area (Å²) in [6.45, 7) is 1.87. The van der Waals surface area contributed by atoms with Gasteiger partial charge in [-0.1, -0.05) is 6.07 Å². The third kappa shape index (κ3) is 4.69. The Bertz CT molecular complexity index is 510. The van der Waals surface area contributed by atoms with Gasteiger partial charge in [-0.05, 0) is 27.1 Å². The summed E-state index contributed by atoms with van der Waals surface area (Å²) in [7, 11) is 3.56. The van der Waals surface area contributed by atoms with Crippen molar-refractivity contribution in [1.29, 1.82) is 0 Å². The standard InChI is InChI=1S/C13H19N3O5/c1-13(19,8-15(2)3)7-14-11-9(12(17)18)5-4-6-10(11)16(20)21/h4-6,14,19H,7-8H2,1-3H3,(H,17,18). The van der Waals surface area contributed by atoms with Crippen LogP contribution in [0.2, 0.25) is 0 Å². The first kappa shape index (κ1) is 16.9. The minimum absolute atomic E-state index is 0.0175. The highest BCUT2D eigenvalue weighted by Gasteiger charge is 2.26. The molecular weight excluding hydrogens is 278 g/mol. The van der Waals surface area contributed by atoms with Gasteiger partial charge in [0.1, 0.15) is 5.69 Å². The third-order valence-corrected chi connectivity index (χ3v) is 2.77. The summed E-state index contributed by atoms with van der Waals surface area (Å²) in [6.07, 6.45) is 0. The van der Waals surface area contributed by atoms with Crippen molar-refractivity contribution < 1.29 is 19.9 Å². The van der Waals surface area contributed by atoms with Crippen LogP contribution in [0.1, 0.15) is 17.3 Å². The Labute approximate surface area is 122 Å². The van der Waals surface area contributed by atoms with Gasteiger partial charge in [0.05, 0.1) is 16.1 Å². The fourth-order valence-electron chi connectivity index (χ4n) is 2.07. The predicted octanol–water partition coefficient (Wildman–Crippen LogP) is 1.02. The van der Waals surface area contributed by atoms with Crippen LogP contribution in [0.5, 0.6) is 0 Å². The van der Waals surface area contributed by atoms with Crippen molar-refractivity contribution >= 4 is 17.3 Å². The molecule has 0 saturated carbocycles. The van der Waals surface area contributed by atoms with Gasteiger partial charge >= 0.3 is 5.97 Å². The number of likely N-dealkylation sites (N-methyl/N-ethyl adjacent to an activating group) is 1. The maximum absolute atomic E-state index is 11.2. The molecule has 1 aromatic carbocycles. The number of hydrogen-bond donors (Lipinski definition) is 3. The molecule has 0 aliphatic rings. The number of aromatic carboxylic acids is 1. The van der Waals surface area contributed by atoms with E-state index in [4.69, 9.17) is 5.11 Å². The van der Waals surface area contributed by atoms with Crippen molar-refractivity contribution in [3.8, 4) is 0 Å². The number of carboxylic acid groups (broad SMARTS) is 1. The predicted molar refractivity (Wildman–Crippen MR) is 77.7 cm³/mol. The molecule has 1 atom stereocenters. The largest absolute Gasteiger partial charge is 0.478 e. The zero-order valence-corrected chi connectivity index (χ0v) is 12.2. The van der Waals surface area contributed by atoms with Gasteiger partial charge in [0, 0.05) is 19.2 Å². The highest BCUT2D eigenvalue weighted by molar-refractivity contribution is 5.96. The van der Waals surface area contributed by atoms with Gasteiger partial charge in [-0.3, -0.25) is 10.1 Å². The molecule has 0 amide bonds. The highest BCUT2D eigenvalue weighted by Crippen LogP contribution is 2.28. The van der Waals surface area contributed by atoms with E-state index in [0.29, 0.717) is 6.54 Å². The number of carboxylic acids is 1. The Morgan fingerprint density at radius 2 is 2.10 bits per heavy atom. The first-order valence-corrected chi connectivity index (χ1v) is 6.26. The SMILES string of the molecule is CN(C)CC(C)(O)CNc1c(C(=O)O)cccc1[N+](=O)[O-]. The molecule has 1 aromatic rings. The van der Waals surface area contributed by atoms with Gasteiger partial charge in [0.2, 0.25) is 0 Å². The molecule has 116 valence electrons. The minimum Gasteiger partial charge on any atom is -0.478 e. The summed E-state index contributed by atoms with van der Waals surface area (Å²) < 4.78 is 0. The Morgan fingerprint density at radius 1 is 1.48 bits per heavy atom. The van der Waals surface area contributed by atoms with Crippen LogP contribution in [0.25, 0.3) is 0 Å². The molecule has 0 aliphatic heterocycles. The summed E-state index contributed by atoms with van der Waals surface area (Å²) in [5.41, 5.74) is -1.81. The quantitative estimate of drug-likeness (QED) is 0.508. The smallest absolute Gasteiger partial charge is 0.338 e. The number of nitrogens with one attached hydrogen (secondary N) is 1. The first-order valence-electron chi connectivity index (χ1n) is 6.26. The summed E-state index contributed by atoms with van der Waals surface area (Å²) >= 11 is 0. The molecule has 21 heavy (non-hydrogen) atoms. The zero-order valence-electron chi connectivity index (χ0n) is 12.2. The molecule has 0 aromatic heterocycles. The molecular formula is C13H19N3O5. The van der Waals surface area contributed by atoms with Gasteiger partial charge in [0.15, 0.2) is 0 Å². The van der Waals surface area contributed by atoms with Crippen molar-refractivity contribution in [3.63, 3.8) is 0 Å². The molecule has 0 aliphatic carbocycles. The Balaban J connectivity index is 3.06. The molecule has 8 heteroatoms. The number of rotatable bonds is 7. The molecule has 0 fully saturated rings. The van der Waals surface area contributed by atoms with Crippen molar-refractivity contribution in [2.45, 2.75) is 12.5 Å². The van der Waals surface area contributed by atoms with Crippen LogP contribution >= 0.6 is 0 Å². The van der Waals surface area contributed by atoms with E-state index in [1.807, 2.05) is 0 Å². The maximum Gasteiger partial charge on any atom is 0.338 e. The van der Waals surface area contributed by atoms with E-state index in [1.54, 1.807) is 25.9 Å². The maximum atomic E-state index is 11.2. The van der Waals surface area contributed by atoms with Crippen LogP contribution in [-0.2, 0) is 0 Å². The van der Waals surface area contributed by atoms with Gasteiger partial charge in [0.25, 0.3) is 5.69 Å². The molecule has 0 spiro atoms. The second-order valence-electron chi connectivity index (χ2n) is 5.35. The number of nitrogens with zero attached hydrogens (tertiary/aromatic N) is 2. The minimum atomic E-state index is -1.27. The molecule has 1 unspecified atom stereocenters. The van der Waals surface area contributed by atoms with Crippen LogP contribution < -0.4 is 5.32 Å². The average molecular weight is 297 g/mol. The number of carbonyl (C=O) groups is 1. The lowest BCUT2D eigenvalue weighted by molar-refractivity contribution is -0.384. The van der Waals surface area contributed by atoms with Crippen LogP contribution in [0, 0.1) is 10.1 Å². The Kier molecular flexibility index (Phi) is 5.23. The molecule has 1 rings (SSSR count). The Morgan fingerprint density at radius 3 is 2.57 bits per heavy atom. The molecule has 3 N–H and O–H groups in total. The fraction of sp³-hybridized carbons (Fsp3) is 0.462. The number of anilines is 1. The van der Waals surface area contributed by atoms with Gasteiger partial charge < -0.3 is 20.4 Å². The van der Waals surface area contributed by atoms with E-state index >= 15 is 0 Å². The summed E-state index contributed by atoms with van der Waals surface area (Å²) in [5.74, 6) is -1.27. The monoisotopic (exact) mass is 297 g/mol. The van der Waals surface area contributed by atoms with Gasteiger partial charge in [-0.25, -0.2) is 4.79 Å².